The SMILES string of the molecule is CC(C)Nc1ncnc2cc(OCc3cncc(S(C)=O)c3)c(Br)cc12. The molecule has 0 bridgehead atoms. The quantitative estimate of drug-likeness (QED) is 0.633. The highest BCUT2D eigenvalue weighted by Crippen LogP contribution is 2.32. The number of aromatic nitrogens is 3. The Hall–Kier alpha value is -2.06. The highest BCUT2D eigenvalue weighted by molar-refractivity contribution is 9.10. The molecule has 2 aromatic heterocycles. The number of halogens is 1. The standard InChI is InChI=1S/C18H19BrN4O2S/c1-11(2)23-18-14-5-15(19)17(6-16(14)21-10-22-18)25-9-12-4-13(26(3)24)8-20-7-12/h4-8,10-11H,9H2,1-3H3,(H,21,22,23). The number of hydrogen-bond acceptors (Lipinski definition) is 6. The molecule has 0 aliphatic carbocycles. The van der Waals surface area contributed by atoms with Crippen LogP contribution in [-0.4, -0.2) is 31.5 Å². The second-order valence-corrected chi connectivity index (χ2v) is 8.33. The normalized spacial score (nSPS) is 12.3. The maximum absolute atomic E-state index is 11.6. The van der Waals surface area contributed by atoms with Crippen LogP contribution < -0.4 is 10.1 Å². The molecule has 1 unspecified atom stereocenters. The van der Waals surface area contributed by atoms with E-state index in [9.17, 15) is 4.21 Å². The van der Waals surface area contributed by atoms with E-state index < -0.39 is 10.8 Å². The molecule has 1 atom stereocenters. The summed E-state index contributed by atoms with van der Waals surface area (Å²) in [7, 11) is -1.07. The zero-order valence-corrected chi connectivity index (χ0v) is 17.1. The molecule has 2 heterocycles. The van der Waals surface area contributed by atoms with E-state index in [4.69, 9.17) is 4.74 Å². The molecular formula is C18H19BrN4O2S. The van der Waals surface area contributed by atoms with E-state index in [1.54, 1.807) is 18.6 Å². The summed E-state index contributed by atoms with van der Waals surface area (Å²) in [6.07, 6.45) is 6.47. The van der Waals surface area contributed by atoms with E-state index in [-0.39, 0.29) is 6.04 Å². The molecule has 0 aliphatic heterocycles. The lowest BCUT2D eigenvalue weighted by Crippen LogP contribution is -2.11. The van der Waals surface area contributed by atoms with E-state index in [1.165, 1.54) is 6.33 Å². The number of hydrogen-bond donors (Lipinski definition) is 1. The van der Waals surface area contributed by atoms with Crippen molar-refractivity contribution in [2.45, 2.75) is 31.4 Å². The number of ether oxygens (including phenoxy) is 1. The molecule has 6 nitrogen and oxygen atoms in total. The predicted octanol–water partition coefficient (Wildman–Crippen LogP) is 3.92. The number of pyridine rings is 1. The number of fused-ring (bicyclic) bond motifs is 1. The maximum atomic E-state index is 11.6. The summed E-state index contributed by atoms with van der Waals surface area (Å²) in [5.74, 6) is 1.47. The minimum atomic E-state index is -1.07. The van der Waals surface area contributed by atoms with Gasteiger partial charge >= 0.3 is 0 Å². The van der Waals surface area contributed by atoms with Gasteiger partial charge in [0.05, 0.1) is 25.7 Å². The van der Waals surface area contributed by atoms with Gasteiger partial charge in [-0.2, -0.15) is 0 Å². The van der Waals surface area contributed by atoms with Crippen LogP contribution in [0.25, 0.3) is 10.9 Å². The fourth-order valence-electron chi connectivity index (χ4n) is 2.42. The van der Waals surface area contributed by atoms with E-state index in [2.05, 4.69) is 50.0 Å². The van der Waals surface area contributed by atoms with Gasteiger partial charge in [-0.3, -0.25) is 9.19 Å². The van der Waals surface area contributed by atoms with E-state index >= 15 is 0 Å². The first-order valence-electron chi connectivity index (χ1n) is 8.05. The first-order valence-corrected chi connectivity index (χ1v) is 10.4. The second-order valence-electron chi connectivity index (χ2n) is 6.09. The van der Waals surface area contributed by atoms with Crippen LogP contribution in [0, 0.1) is 0 Å². The van der Waals surface area contributed by atoms with Crippen LogP contribution in [0.1, 0.15) is 19.4 Å². The number of anilines is 1. The summed E-state index contributed by atoms with van der Waals surface area (Å²) in [6, 6.07) is 5.93. The van der Waals surface area contributed by atoms with Gasteiger partial charge in [0.15, 0.2) is 0 Å². The highest BCUT2D eigenvalue weighted by Gasteiger charge is 2.11. The minimum absolute atomic E-state index is 0.270. The van der Waals surface area contributed by atoms with Gasteiger partial charge in [-0.1, -0.05) is 0 Å². The Morgan fingerprint density at radius 1 is 1.23 bits per heavy atom. The molecular weight excluding hydrogens is 416 g/mol. The molecule has 0 amide bonds. The zero-order chi connectivity index (χ0) is 18.7. The van der Waals surface area contributed by atoms with Crippen LogP contribution in [0.15, 0.2) is 46.3 Å². The topological polar surface area (TPSA) is 77.0 Å². The van der Waals surface area contributed by atoms with Gasteiger partial charge in [-0.15, -0.1) is 0 Å². The summed E-state index contributed by atoms with van der Waals surface area (Å²) >= 11 is 3.56. The van der Waals surface area contributed by atoms with Crippen LogP contribution in [-0.2, 0) is 17.4 Å². The molecule has 0 saturated carbocycles. The Balaban J connectivity index is 1.86. The molecule has 1 aromatic carbocycles. The van der Waals surface area contributed by atoms with Crippen molar-refractivity contribution in [3.05, 3.63) is 47.0 Å². The molecule has 136 valence electrons. The van der Waals surface area contributed by atoms with E-state index in [1.807, 2.05) is 18.2 Å². The van der Waals surface area contributed by atoms with Crippen molar-refractivity contribution < 1.29 is 8.95 Å². The highest BCUT2D eigenvalue weighted by atomic mass is 79.9. The smallest absolute Gasteiger partial charge is 0.137 e. The van der Waals surface area contributed by atoms with Crippen molar-refractivity contribution in [3.63, 3.8) is 0 Å². The Bertz CT molecular complexity index is 965. The third-order valence-electron chi connectivity index (χ3n) is 3.61. The summed E-state index contributed by atoms with van der Waals surface area (Å²) in [5, 5.41) is 4.24. The first kappa shape index (κ1) is 18.7. The van der Waals surface area contributed by atoms with E-state index in [0.29, 0.717) is 17.3 Å². The van der Waals surface area contributed by atoms with Crippen LogP contribution >= 0.6 is 15.9 Å². The molecule has 0 radical (unpaired) electrons. The summed E-state index contributed by atoms with van der Waals surface area (Å²) in [6.45, 7) is 4.45. The average molecular weight is 435 g/mol. The third kappa shape index (κ3) is 4.37. The molecule has 1 N–H and O–H groups in total. The second kappa shape index (κ2) is 8.09. The van der Waals surface area contributed by atoms with Gasteiger partial charge in [-0.05, 0) is 41.9 Å². The van der Waals surface area contributed by atoms with Crippen molar-refractivity contribution in [1.29, 1.82) is 0 Å². The summed E-state index contributed by atoms with van der Waals surface area (Å²) < 4.78 is 18.3. The molecule has 0 aliphatic rings. The number of rotatable bonds is 6. The Kier molecular flexibility index (Phi) is 5.83. The van der Waals surface area contributed by atoms with Gasteiger partial charge in [0.25, 0.3) is 0 Å². The van der Waals surface area contributed by atoms with Crippen molar-refractivity contribution in [2.24, 2.45) is 0 Å². The lowest BCUT2D eigenvalue weighted by molar-refractivity contribution is 0.304. The lowest BCUT2D eigenvalue weighted by Gasteiger charge is -2.13. The fraction of sp³-hybridized carbons (Fsp3) is 0.278. The van der Waals surface area contributed by atoms with Crippen LogP contribution in [0.4, 0.5) is 5.82 Å². The van der Waals surface area contributed by atoms with Crippen molar-refractivity contribution >= 4 is 43.5 Å². The van der Waals surface area contributed by atoms with Crippen LogP contribution in [0.3, 0.4) is 0 Å². The number of benzene rings is 1. The van der Waals surface area contributed by atoms with Gasteiger partial charge in [0, 0.05) is 41.7 Å². The van der Waals surface area contributed by atoms with Gasteiger partial charge in [-0.25, -0.2) is 9.97 Å². The number of nitrogens with one attached hydrogen (secondary N) is 1. The number of nitrogens with zero attached hydrogens (tertiary/aromatic N) is 3. The van der Waals surface area contributed by atoms with Gasteiger partial charge in [0.1, 0.15) is 24.5 Å². The van der Waals surface area contributed by atoms with Crippen LogP contribution in [0.5, 0.6) is 5.75 Å². The molecule has 26 heavy (non-hydrogen) atoms. The van der Waals surface area contributed by atoms with E-state index in [0.717, 1.165) is 26.8 Å². The summed E-state index contributed by atoms with van der Waals surface area (Å²) in [5.41, 5.74) is 1.65. The Labute approximate surface area is 163 Å². The molecule has 8 heteroatoms. The molecule has 3 aromatic rings. The third-order valence-corrected chi connectivity index (χ3v) is 5.12. The van der Waals surface area contributed by atoms with Crippen molar-refractivity contribution in [2.75, 3.05) is 11.6 Å². The van der Waals surface area contributed by atoms with Gasteiger partial charge < -0.3 is 10.1 Å². The predicted molar refractivity (Wildman–Crippen MR) is 107 cm³/mol. The monoisotopic (exact) mass is 434 g/mol. The Morgan fingerprint density at radius 2 is 2.04 bits per heavy atom. The fourth-order valence-corrected chi connectivity index (χ4v) is 3.40. The van der Waals surface area contributed by atoms with Gasteiger partial charge in [0.2, 0.25) is 0 Å². The average Bonchev–Trinajstić information content (AvgIpc) is 2.60. The minimum Gasteiger partial charge on any atom is -0.488 e. The van der Waals surface area contributed by atoms with Crippen LogP contribution in [0.2, 0.25) is 0 Å². The lowest BCUT2D eigenvalue weighted by atomic mass is 10.2. The summed E-state index contributed by atoms with van der Waals surface area (Å²) in [4.78, 5) is 13.5. The molecule has 3 rings (SSSR count). The first-order chi connectivity index (χ1) is 12.4. The maximum Gasteiger partial charge on any atom is 0.137 e. The largest absolute Gasteiger partial charge is 0.488 e. The zero-order valence-electron chi connectivity index (χ0n) is 14.7. The molecule has 0 saturated heterocycles. The van der Waals surface area contributed by atoms with Crippen molar-refractivity contribution in [1.82, 2.24) is 15.0 Å². The molecule has 0 spiro atoms. The Morgan fingerprint density at radius 3 is 2.77 bits per heavy atom. The molecule has 0 fully saturated rings. The van der Waals surface area contributed by atoms with Crippen molar-refractivity contribution in [3.8, 4) is 5.75 Å².